The fourth-order valence-electron chi connectivity index (χ4n) is 2.34. The molecule has 0 bridgehead atoms. The molecule has 114 valence electrons. The van der Waals surface area contributed by atoms with Gasteiger partial charge in [-0.05, 0) is 12.5 Å². The van der Waals surface area contributed by atoms with Gasteiger partial charge >= 0.3 is 6.18 Å². The Morgan fingerprint density at radius 3 is 2.43 bits per heavy atom. The van der Waals surface area contributed by atoms with Gasteiger partial charge in [-0.3, -0.25) is 9.59 Å². The quantitative estimate of drug-likeness (QED) is 0.908. The number of rotatable bonds is 2. The Morgan fingerprint density at radius 2 is 1.86 bits per heavy atom. The molecule has 1 heterocycles. The first-order valence-electron chi connectivity index (χ1n) is 6.49. The van der Waals surface area contributed by atoms with E-state index in [9.17, 15) is 22.8 Å². The average molecular weight is 300 g/mol. The summed E-state index contributed by atoms with van der Waals surface area (Å²) in [4.78, 5) is 24.9. The summed E-state index contributed by atoms with van der Waals surface area (Å²) in [6.07, 6.45) is -4.65. The van der Waals surface area contributed by atoms with Crippen molar-refractivity contribution in [2.24, 2.45) is 0 Å². The Kier molecular flexibility index (Phi) is 4.20. The van der Waals surface area contributed by atoms with Crippen molar-refractivity contribution in [2.75, 3.05) is 6.54 Å². The van der Waals surface area contributed by atoms with E-state index in [1.54, 1.807) is 30.3 Å². The lowest BCUT2D eigenvalue weighted by Crippen LogP contribution is -2.46. The van der Waals surface area contributed by atoms with E-state index in [-0.39, 0.29) is 6.42 Å². The van der Waals surface area contributed by atoms with Crippen molar-refractivity contribution < 1.29 is 22.8 Å². The van der Waals surface area contributed by atoms with E-state index in [4.69, 9.17) is 0 Å². The Bertz CT molecular complexity index is 531. The highest BCUT2D eigenvalue weighted by atomic mass is 19.4. The third-order valence-electron chi connectivity index (χ3n) is 3.33. The minimum Gasteiger partial charge on any atom is -0.340 e. The number of alkyl halides is 3. The standard InChI is InChI=1S/C14H15F3N2O2/c1-9-7-11(20)18-12(10-5-3-2-4-6-10)13(21)19(9)8-14(15,16)17/h2-6,9,12H,7-8H2,1H3,(H,18,20). The molecule has 1 aliphatic rings. The molecule has 0 radical (unpaired) electrons. The maximum absolute atomic E-state index is 12.6. The summed E-state index contributed by atoms with van der Waals surface area (Å²) >= 11 is 0. The number of amides is 2. The second kappa shape index (κ2) is 5.75. The van der Waals surface area contributed by atoms with Gasteiger partial charge in [0.2, 0.25) is 11.8 Å². The molecule has 1 aromatic rings. The molecule has 1 aromatic carbocycles. The summed E-state index contributed by atoms with van der Waals surface area (Å²) in [5.74, 6) is -1.17. The summed E-state index contributed by atoms with van der Waals surface area (Å²) in [6, 6.07) is 6.38. The van der Waals surface area contributed by atoms with Crippen LogP contribution in [0.1, 0.15) is 24.9 Å². The van der Waals surface area contributed by atoms with Crippen molar-refractivity contribution in [1.82, 2.24) is 10.2 Å². The van der Waals surface area contributed by atoms with Gasteiger partial charge in [-0.2, -0.15) is 13.2 Å². The SMILES string of the molecule is CC1CC(=O)NC(c2ccccc2)C(=O)N1CC(F)(F)F. The van der Waals surface area contributed by atoms with Crippen LogP contribution in [0.15, 0.2) is 30.3 Å². The summed E-state index contributed by atoms with van der Waals surface area (Å²) in [5.41, 5.74) is 0.470. The van der Waals surface area contributed by atoms with Crippen LogP contribution in [0.4, 0.5) is 13.2 Å². The van der Waals surface area contributed by atoms with Gasteiger partial charge in [0.25, 0.3) is 0 Å². The first-order valence-corrected chi connectivity index (χ1v) is 6.49. The average Bonchev–Trinajstić information content (AvgIpc) is 2.50. The normalized spacial score (nSPS) is 23.7. The van der Waals surface area contributed by atoms with Gasteiger partial charge in [0.05, 0.1) is 0 Å². The fraction of sp³-hybridized carbons (Fsp3) is 0.429. The molecule has 4 nitrogen and oxygen atoms in total. The molecule has 1 N–H and O–H groups in total. The van der Waals surface area contributed by atoms with Crippen molar-refractivity contribution in [2.45, 2.75) is 31.6 Å². The minimum absolute atomic E-state index is 0.148. The number of benzene rings is 1. The number of carbonyl (C=O) groups is 2. The third-order valence-corrected chi connectivity index (χ3v) is 3.33. The van der Waals surface area contributed by atoms with E-state index < -0.39 is 36.6 Å². The number of hydrogen-bond donors (Lipinski definition) is 1. The highest BCUT2D eigenvalue weighted by molar-refractivity contribution is 5.91. The van der Waals surface area contributed by atoms with Crippen LogP contribution >= 0.6 is 0 Å². The molecule has 1 saturated heterocycles. The van der Waals surface area contributed by atoms with E-state index in [0.29, 0.717) is 5.56 Å². The van der Waals surface area contributed by atoms with E-state index in [1.165, 1.54) is 6.92 Å². The molecule has 0 aromatic heterocycles. The predicted octanol–water partition coefficient (Wildman–Crippen LogP) is 2.03. The van der Waals surface area contributed by atoms with Crippen molar-refractivity contribution in [3.05, 3.63) is 35.9 Å². The molecule has 21 heavy (non-hydrogen) atoms. The van der Waals surface area contributed by atoms with Gasteiger partial charge in [0.15, 0.2) is 0 Å². The molecule has 2 unspecified atom stereocenters. The Labute approximate surface area is 119 Å². The molecule has 2 rings (SSSR count). The van der Waals surface area contributed by atoms with E-state index in [0.717, 1.165) is 4.90 Å². The van der Waals surface area contributed by atoms with Gasteiger partial charge in [-0.15, -0.1) is 0 Å². The van der Waals surface area contributed by atoms with Crippen molar-refractivity contribution in [1.29, 1.82) is 0 Å². The summed E-state index contributed by atoms with van der Waals surface area (Å²) in [7, 11) is 0. The zero-order valence-corrected chi connectivity index (χ0v) is 11.4. The lowest BCUT2D eigenvalue weighted by atomic mass is 10.1. The van der Waals surface area contributed by atoms with E-state index in [1.807, 2.05) is 0 Å². The van der Waals surface area contributed by atoms with Crippen LogP contribution in [0.2, 0.25) is 0 Å². The lowest BCUT2D eigenvalue weighted by Gasteiger charge is -2.29. The van der Waals surface area contributed by atoms with Crippen LogP contribution in [0, 0.1) is 0 Å². The number of carbonyl (C=O) groups excluding carboxylic acids is 2. The predicted molar refractivity (Wildman–Crippen MR) is 69.2 cm³/mol. The molecule has 0 aliphatic carbocycles. The molecular formula is C14H15F3N2O2. The second-order valence-electron chi connectivity index (χ2n) is 5.05. The van der Waals surface area contributed by atoms with Crippen LogP contribution < -0.4 is 5.32 Å². The molecular weight excluding hydrogens is 285 g/mol. The number of hydrogen-bond acceptors (Lipinski definition) is 2. The first kappa shape index (κ1) is 15.3. The fourth-order valence-corrected chi connectivity index (χ4v) is 2.34. The van der Waals surface area contributed by atoms with Gasteiger partial charge < -0.3 is 10.2 Å². The maximum Gasteiger partial charge on any atom is 0.406 e. The highest BCUT2D eigenvalue weighted by Crippen LogP contribution is 2.25. The Morgan fingerprint density at radius 1 is 1.24 bits per heavy atom. The minimum atomic E-state index is -4.50. The van der Waals surface area contributed by atoms with Gasteiger partial charge in [-0.1, -0.05) is 30.3 Å². The lowest BCUT2D eigenvalue weighted by molar-refractivity contribution is -0.165. The summed E-state index contributed by atoms with van der Waals surface area (Å²) < 4.78 is 37.9. The van der Waals surface area contributed by atoms with E-state index >= 15 is 0 Å². The van der Waals surface area contributed by atoms with Crippen molar-refractivity contribution in [3.8, 4) is 0 Å². The number of nitrogens with one attached hydrogen (secondary N) is 1. The number of nitrogens with zero attached hydrogens (tertiary/aromatic N) is 1. The van der Waals surface area contributed by atoms with Crippen molar-refractivity contribution in [3.63, 3.8) is 0 Å². The smallest absolute Gasteiger partial charge is 0.340 e. The molecule has 1 aliphatic heterocycles. The zero-order valence-electron chi connectivity index (χ0n) is 11.4. The van der Waals surface area contributed by atoms with Crippen LogP contribution in [-0.4, -0.2) is 35.5 Å². The Balaban J connectivity index is 2.33. The Hall–Kier alpha value is -2.05. The van der Waals surface area contributed by atoms with Crippen LogP contribution in [0.25, 0.3) is 0 Å². The van der Waals surface area contributed by atoms with Gasteiger partial charge in [0, 0.05) is 12.5 Å². The molecule has 2 amide bonds. The van der Waals surface area contributed by atoms with Gasteiger partial charge in [0.1, 0.15) is 12.6 Å². The van der Waals surface area contributed by atoms with Gasteiger partial charge in [-0.25, -0.2) is 0 Å². The van der Waals surface area contributed by atoms with E-state index in [2.05, 4.69) is 5.32 Å². The summed E-state index contributed by atoms with van der Waals surface area (Å²) in [6.45, 7) is 0.0852. The summed E-state index contributed by atoms with van der Waals surface area (Å²) in [5, 5.41) is 2.49. The molecule has 2 atom stereocenters. The number of halogens is 3. The molecule has 0 saturated carbocycles. The zero-order chi connectivity index (χ0) is 15.6. The van der Waals surface area contributed by atoms with Crippen LogP contribution in [0.3, 0.4) is 0 Å². The van der Waals surface area contributed by atoms with Crippen molar-refractivity contribution >= 4 is 11.8 Å². The van der Waals surface area contributed by atoms with Crippen LogP contribution in [0.5, 0.6) is 0 Å². The monoisotopic (exact) mass is 300 g/mol. The molecule has 7 heteroatoms. The maximum atomic E-state index is 12.6. The third kappa shape index (κ3) is 3.74. The molecule has 0 spiro atoms. The van der Waals surface area contributed by atoms with Crippen LogP contribution in [-0.2, 0) is 9.59 Å². The second-order valence-corrected chi connectivity index (χ2v) is 5.05. The largest absolute Gasteiger partial charge is 0.406 e. The topological polar surface area (TPSA) is 49.4 Å². The molecule has 1 fully saturated rings. The highest BCUT2D eigenvalue weighted by Gasteiger charge is 2.41. The first-order chi connectivity index (χ1) is 9.78.